The normalized spacial score (nSPS) is 12.2. The summed E-state index contributed by atoms with van der Waals surface area (Å²) in [5, 5.41) is 3.73. The third-order valence-electron chi connectivity index (χ3n) is 3.23. The van der Waals surface area contributed by atoms with E-state index in [0.717, 1.165) is 12.1 Å². The van der Waals surface area contributed by atoms with Gasteiger partial charge in [-0.1, -0.05) is 41.9 Å². The first-order valence-electron chi connectivity index (χ1n) is 6.96. The number of quaternary nitrogens is 1. The van der Waals surface area contributed by atoms with Gasteiger partial charge in [0.15, 0.2) is 0 Å². The lowest BCUT2D eigenvalue weighted by molar-refractivity contribution is -0.860. The Morgan fingerprint density at radius 1 is 1.10 bits per heavy atom. The highest BCUT2D eigenvalue weighted by atomic mass is 35.5. The average Bonchev–Trinajstić information content (AvgIpc) is 2.47. The number of carbonyl (C=O) groups excluding carboxylic acids is 1. The predicted octanol–water partition coefficient (Wildman–Crippen LogP) is 1.96. The Morgan fingerprint density at radius 3 is 2.29 bits per heavy atom. The Bertz CT molecular complexity index is 581. The van der Waals surface area contributed by atoms with E-state index in [1.807, 2.05) is 30.3 Å². The van der Waals surface area contributed by atoms with Crippen molar-refractivity contribution >= 4 is 17.5 Å². The minimum atomic E-state index is -0.0817. The fourth-order valence-electron chi connectivity index (χ4n) is 2.19. The largest absolute Gasteiger partial charge is 0.340 e. The molecule has 0 heterocycles. The zero-order chi connectivity index (χ0) is 15.2. The van der Waals surface area contributed by atoms with E-state index >= 15 is 0 Å². The van der Waals surface area contributed by atoms with Crippen molar-refractivity contribution in [3.05, 3.63) is 70.7 Å². The molecule has 0 fully saturated rings. The first kappa shape index (κ1) is 15.5. The van der Waals surface area contributed by atoms with Crippen LogP contribution in [0.25, 0.3) is 0 Å². The standard InChI is InChI=1S/C17H19ClN2O/c1-20(2)12-16(13-6-4-3-5-7-13)19-17(21)14-8-10-15(18)11-9-14/h3-11,16H,12H2,1-2H3,(H,19,21)/p+1/t16-/m1/s1. The zero-order valence-electron chi connectivity index (χ0n) is 12.3. The number of rotatable bonds is 5. The quantitative estimate of drug-likeness (QED) is 0.870. The number of benzene rings is 2. The number of likely N-dealkylation sites (N-methyl/N-ethyl adjacent to an activating group) is 1. The van der Waals surface area contributed by atoms with Crippen LogP contribution in [0.5, 0.6) is 0 Å². The molecule has 2 rings (SSSR count). The molecule has 1 atom stereocenters. The fraction of sp³-hybridized carbons (Fsp3) is 0.235. The number of halogens is 1. The van der Waals surface area contributed by atoms with Crippen molar-refractivity contribution in [3.63, 3.8) is 0 Å². The molecule has 1 amide bonds. The van der Waals surface area contributed by atoms with Crippen LogP contribution >= 0.6 is 11.6 Å². The predicted molar refractivity (Wildman–Crippen MR) is 85.8 cm³/mol. The number of hydrogen-bond acceptors (Lipinski definition) is 1. The monoisotopic (exact) mass is 303 g/mol. The van der Waals surface area contributed by atoms with Crippen LogP contribution in [0.3, 0.4) is 0 Å². The maximum atomic E-state index is 12.4. The summed E-state index contributed by atoms with van der Waals surface area (Å²) in [4.78, 5) is 13.6. The van der Waals surface area contributed by atoms with Crippen LogP contribution in [0.2, 0.25) is 5.02 Å². The number of amides is 1. The Balaban J connectivity index is 2.15. The van der Waals surface area contributed by atoms with Crippen molar-refractivity contribution in [2.75, 3.05) is 20.6 Å². The van der Waals surface area contributed by atoms with Crippen LogP contribution < -0.4 is 10.2 Å². The van der Waals surface area contributed by atoms with Crippen molar-refractivity contribution in [2.45, 2.75) is 6.04 Å². The highest BCUT2D eigenvalue weighted by Crippen LogP contribution is 2.13. The van der Waals surface area contributed by atoms with Crippen LogP contribution in [0.4, 0.5) is 0 Å². The molecule has 0 aliphatic heterocycles. The van der Waals surface area contributed by atoms with Crippen LogP contribution in [0.15, 0.2) is 54.6 Å². The molecule has 4 heteroatoms. The van der Waals surface area contributed by atoms with E-state index in [0.29, 0.717) is 10.6 Å². The molecule has 0 unspecified atom stereocenters. The molecular formula is C17H20ClN2O+. The van der Waals surface area contributed by atoms with E-state index in [4.69, 9.17) is 11.6 Å². The van der Waals surface area contributed by atoms with Gasteiger partial charge in [-0.2, -0.15) is 0 Å². The molecule has 3 nitrogen and oxygen atoms in total. The molecule has 0 aliphatic rings. The molecule has 2 N–H and O–H groups in total. The van der Waals surface area contributed by atoms with Gasteiger partial charge >= 0.3 is 0 Å². The molecule has 0 aromatic heterocycles. The van der Waals surface area contributed by atoms with Gasteiger partial charge < -0.3 is 10.2 Å². The van der Waals surface area contributed by atoms with Crippen molar-refractivity contribution < 1.29 is 9.69 Å². The second-order valence-electron chi connectivity index (χ2n) is 5.35. The van der Waals surface area contributed by atoms with Crippen LogP contribution in [-0.2, 0) is 0 Å². The topological polar surface area (TPSA) is 33.5 Å². The van der Waals surface area contributed by atoms with E-state index in [9.17, 15) is 4.79 Å². The smallest absolute Gasteiger partial charge is 0.251 e. The Kier molecular flexibility index (Phi) is 5.37. The molecule has 2 aromatic carbocycles. The highest BCUT2D eigenvalue weighted by Gasteiger charge is 2.18. The lowest BCUT2D eigenvalue weighted by atomic mass is 10.1. The Hall–Kier alpha value is -1.84. The van der Waals surface area contributed by atoms with E-state index in [2.05, 4.69) is 19.4 Å². The molecular weight excluding hydrogens is 284 g/mol. The van der Waals surface area contributed by atoms with Gasteiger partial charge in [-0.3, -0.25) is 4.79 Å². The lowest BCUT2D eigenvalue weighted by Crippen LogP contribution is -3.06. The number of carbonyl (C=O) groups is 1. The summed E-state index contributed by atoms with van der Waals surface area (Å²) in [6, 6.07) is 16.9. The molecule has 2 aromatic rings. The second-order valence-corrected chi connectivity index (χ2v) is 5.79. The summed E-state index contributed by atoms with van der Waals surface area (Å²) < 4.78 is 0. The van der Waals surface area contributed by atoms with Crippen LogP contribution in [0.1, 0.15) is 22.0 Å². The molecule has 0 bridgehead atoms. The minimum Gasteiger partial charge on any atom is -0.340 e. The molecule has 21 heavy (non-hydrogen) atoms. The minimum absolute atomic E-state index is 0.0145. The molecule has 0 spiro atoms. The summed E-state index contributed by atoms with van der Waals surface area (Å²) in [5.41, 5.74) is 1.73. The molecule has 110 valence electrons. The SMILES string of the molecule is C[NH+](C)C[C@@H](NC(=O)c1ccc(Cl)cc1)c1ccccc1. The Morgan fingerprint density at radius 2 is 1.71 bits per heavy atom. The molecule has 0 radical (unpaired) electrons. The zero-order valence-corrected chi connectivity index (χ0v) is 13.0. The van der Waals surface area contributed by atoms with Crippen molar-refractivity contribution in [2.24, 2.45) is 0 Å². The van der Waals surface area contributed by atoms with Gasteiger partial charge in [0.25, 0.3) is 5.91 Å². The first-order chi connectivity index (χ1) is 10.1. The Labute approximate surface area is 130 Å². The van der Waals surface area contributed by atoms with E-state index < -0.39 is 0 Å². The highest BCUT2D eigenvalue weighted by molar-refractivity contribution is 6.30. The number of hydrogen-bond donors (Lipinski definition) is 2. The van der Waals surface area contributed by atoms with Crippen LogP contribution in [0, 0.1) is 0 Å². The molecule has 0 saturated heterocycles. The van der Waals surface area contributed by atoms with Crippen LogP contribution in [-0.4, -0.2) is 26.5 Å². The summed E-state index contributed by atoms with van der Waals surface area (Å²) in [5.74, 6) is -0.0817. The van der Waals surface area contributed by atoms with E-state index in [1.165, 1.54) is 4.90 Å². The lowest BCUT2D eigenvalue weighted by Gasteiger charge is -2.21. The maximum absolute atomic E-state index is 12.4. The van der Waals surface area contributed by atoms with Gasteiger partial charge in [0.05, 0.1) is 14.1 Å². The van der Waals surface area contributed by atoms with Gasteiger partial charge in [-0.25, -0.2) is 0 Å². The van der Waals surface area contributed by atoms with Gasteiger partial charge in [0.2, 0.25) is 0 Å². The second kappa shape index (κ2) is 7.25. The van der Waals surface area contributed by atoms with Gasteiger partial charge in [-0.15, -0.1) is 0 Å². The van der Waals surface area contributed by atoms with Crippen molar-refractivity contribution in [1.29, 1.82) is 0 Å². The first-order valence-corrected chi connectivity index (χ1v) is 7.34. The average molecular weight is 304 g/mol. The summed E-state index contributed by atoms with van der Waals surface area (Å²) in [7, 11) is 4.15. The summed E-state index contributed by atoms with van der Waals surface area (Å²) in [6.45, 7) is 0.823. The van der Waals surface area contributed by atoms with E-state index in [1.54, 1.807) is 24.3 Å². The summed E-state index contributed by atoms with van der Waals surface area (Å²) in [6.07, 6.45) is 0. The summed E-state index contributed by atoms with van der Waals surface area (Å²) >= 11 is 5.85. The van der Waals surface area contributed by atoms with E-state index in [-0.39, 0.29) is 11.9 Å². The fourth-order valence-corrected chi connectivity index (χ4v) is 2.31. The molecule has 0 aliphatic carbocycles. The molecule has 0 saturated carbocycles. The van der Waals surface area contributed by atoms with Gasteiger partial charge in [-0.05, 0) is 29.8 Å². The van der Waals surface area contributed by atoms with Gasteiger partial charge in [0, 0.05) is 10.6 Å². The third-order valence-corrected chi connectivity index (χ3v) is 3.48. The maximum Gasteiger partial charge on any atom is 0.251 e. The number of nitrogens with one attached hydrogen (secondary N) is 2. The van der Waals surface area contributed by atoms with Gasteiger partial charge in [0.1, 0.15) is 12.6 Å². The van der Waals surface area contributed by atoms with Crippen molar-refractivity contribution in [3.8, 4) is 0 Å². The van der Waals surface area contributed by atoms with Crippen molar-refractivity contribution in [1.82, 2.24) is 5.32 Å². The third kappa shape index (κ3) is 4.59.